The van der Waals surface area contributed by atoms with Gasteiger partial charge in [0.2, 0.25) is 0 Å². The summed E-state index contributed by atoms with van der Waals surface area (Å²) < 4.78 is 10.2. The summed E-state index contributed by atoms with van der Waals surface area (Å²) in [6, 6.07) is -0.281. The Morgan fingerprint density at radius 1 is 0.913 bits per heavy atom. The van der Waals surface area contributed by atoms with Gasteiger partial charge in [-0.15, -0.1) is 0 Å². The zero-order valence-electron chi connectivity index (χ0n) is 15.4. The average Bonchev–Trinajstić information content (AvgIpc) is 2.47. The first-order valence-corrected chi connectivity index (χ1v) is 9.04. The summed E-state index contributed by atoms with van der Waals surface area (Å²) in [5, 5.41) is 2.63. The van der Waals surface area contributed by atoms with Crippen molar-refractivity contribution < 1.29 is 19.1 Å². The van der Waals surface area contributed by atoms with E-state index in [-0.39, 0.29) is 18.4 Å². The Hall–Kier alpha value is -1.26. The number of carbonyl (C=O) groups is 2. The molecule has 23 heavy (non-hydrogen) atoms. The van der Waals surface area contributed by atoms with Gasteiger partial charge in [0, 0.05) is 6.04 Å². The van der Waals surface area contributed by atoms with Gasteiger partial charge in [0.05, 0.1) is 19.6 Å². The van der Waals surface area contributed by atoms with E-state index in [1.807, 2.05) is 13.8 Å². The molecule has 0 aliphatic carbocycles. The Bertz CT molecular complexity index is 318. The molecule has 0 aromatic carbocycles. The highest BCUT2D eigenvalue weighted by atomic mass is 16.5. The largest absolute Gasteiger partial charge is 0.466 e. The second-order valence-corrected chi connectivity index (χ2v) is 6.58. The lowest BCUT2D eigenvalue weighted by atomic mass is 10.1. The Morgan fingerprint density at radius 2 is 1.52 bits per heavy atom. The van der Waals surface area contributed by atoms with Crippen LogP contribution in [-0.2, 0) is 14.3 Å². The van der Waals surface area contributed by atoms with Crippen LogP contribution in [0.5, 0.6) is 0 Å². The van der Waals surface area contributed by atoms with Crippen LogP contribution in [0.1, 0.15) is 79.1 Å². The summed E-state index contributed by atoms with van der Waals surface area (Å²) in [7, 11) is 0. The zero-order valence-corrected chi connectivity index (χ0v) is 15.4. The van der Waals surface area contributed by atoms with E-state index < -0.39 is 6.09 Å². The first-order chi connectivity index (χ1) is 11.0. The van der Waals surface area contributed by atoms with Gasteiger partial charge in [0.15, 0.2) is 0 Å². The van der Waals surface area contributed by atoms with Crippen LogP contribution >= 0.6 is 0 Å². The highest BCUT2D eigenvalue weighted by Gasteiger charge is 2.13. The van der Waals surface area contributed by atoms with E-state index >= 15 is 0 Å². The van der Waals surface area contributed by atoms with Crippen LogP contribution in [0.15, 0.2) is 0 Å². The number of hydrogen-bond donors (Lipinski definition) is 1. The number of esters is 1. The van der Waals surface area contributed by atoms with E-state index in [4.69, 9.17) is 9.47 Å². The monoisotopic (exact) mass is 329 g/mol. The standard InChI is InChI=1S/C18H35NO4/c1-5-6-7-8-9-10-11-12-22-17(20)13-16(4)19-18(21)23-14-15(2)3/h15-16H,5-14H2,1-4H3,(H,19,21). The molecule has 0 aliphatic rings. The molecule has 0 heterocycles. The van der Waals surface area contributed by atoms with E-state index in [0.717, 1.165) is 12.8 Å². The topological polar surface area (TPSA) is 64.6 Å². The Labute approximate surface area is 141 Å². The van der Waals surface area contributed by atoms with Gasteiger partial charge in [0.1, 0.15) is 0 Å². The van der Waals surface area contributed by atoms with Gasteiger partial charge in [-0.3, -0.25) is 4.79 Å². The van der Waals surface area contributed by atoms with Crippen molar-refractivity contribution in [3.05, 3.63) is 0 Å². The number of nitrogens with one attached hydrogen (secondary N) is 1. The summed E-state index contributed by atoms with van der Waals surface area (Å²) in [4.78, 5) is 23.1. The van der Waals surface area contributed by atoms with Crippen molar-refractivity contribution >= 4 is 12.1 Å². The summed E-state index contributed by atoms with van der Waals surface area (Å²) in [6.45, 7) is 8.76. The van der Waals surface area contributed by atoms with Crippen LogP contribution in [0.2, 0.25) is 0 Å². The maximum absolute atomic E-state index is 11.7. The van der Waals surface area contributed by atoms with Crippen LogP contribution in [0.3, 0.4) is 0 Å². The summed E-state index contributed by atoms with van der Waals surface area (Å²) in [5.41, 5.74) is 0. The molecular weight excluding hydrogens is 294 g/mol. The molecule has 1 atom stereocenters. The molecule has 0 bridgehead atoms. The van der Waals surface area contributed by atoms with E-state index in [1.165, 1.54) is 32.1 Å². The first kappa shape index (κ1) is 21.7. The smallest absolute Gasteiger partial charge is 0.407 e. The molecule has 0 spiro atoms. The Morgan fingerprint density at radius 3 is 2.13 bits per heavy atom. The molecule has 5 heteroatoms. The van der Waals surface area contributed by atoms with Crippen LogP contribution < -0.4 is 5.32 Å². The predicted octanol–water partition coefficient (Wildman–Crippen LogP) is 4.44. The summed E-state index contributed by atoms with van der Waals surface area (Å²) in [6.07, 6.45) is 8.04. The van der Waals surface area contributed by atoms with E-state index in [1.54, 1.807) is 6.92 Å². The second kappa shape index (κ2) is 14.3. The maximum Gasteiger partial charge on any atom is 0.407 e. The third-order valence-corrected chi connectivity index (χ3v) is 3.40. The predicted molar refractivity (Wildman–Crippen MR) is 92.4 cm³/mol. The number of unbranched alkanes of at least 4 members (excludes halogenated alkanes) is 6. The first-order valence-electron chi connectivity index (χ1n) is 9.04. The molecule has 1 N–H and O–H groups in total. The SMILES string of the molecule is CCCCCCCCCOC(=O)CC(C)NC(=O)OCC(C)C. The molecule has 0 saturated heterocycles. The van der Waals surface area contributed by atoms with Gasteiger partial charge in [0.25, 0.3) is 0 Å². The molecule has 1 amide bonds. The normalized spacial score (nSPS) is 12.0. The minimum atomic E-state index is -0.480. The van der Waals surface area contributed by atoms with E-state index in [2.05, 4.69) is 12.2 Å². The molecule has 1 unspecified atom stereocenters. The van der Waals surface area contributed by atoms with Gasteiger partial charge >= 0.3 is 12.1 Å². The fourth-order valence-corrected chi connectivity index (χ4v) is 2.09. The third kappa shape index (κ3) is 15.4. The number of ether oxygens (including phenoxy) is 2. The molecule has 5 nitrogen and oxygen atoms in total. The highest BCUT2D eigenvalue weighted by molar-refractivity contribution is 5.72. The molecule has 0 aromatic heterocycles. The minimum Gasteiger partial charge on any atom is -0.466 e. The number of hydrogen-bond acceptors (Lipinski definition) is 4. The van der Waals surface area contributed by atoms with Crippen LogP contribution in [0.4, 0.5) is 4.79 Å². The quantitative estimate of drug-likeness (QED) is 0.401. The van der Waals surface area contributed by atoms with Gasteiger partial charge in [-0.2, -0.15) is 0 Å². The number of alkyl carbamates (subject to hydrolysis) is 1. The van der Waals surface area contributed by atoms with Crippen molar-refractivity contribution in [1.82, 2.24) is 5.32 Å². The van der Waals surface area contributed by atoms with Crippen LogP contribution in [0.25, 0.3) is 0 Å². The lowest BCUT2D eigenvalue weighted by molar-refractivity contribution is -0.144. The van der Waals surface area contributed by atoms with Gasteiger partial charge in [-0.05, 0) is 19.3 Å². The molecule has 0 aliphatic heterocycles. The third-order valence-electron chi connectivity index (χ3n) is 3.40. The van der Waals surface area contributed by atoms with E-state index in [9.17, 15) is 9.59 Å². The van der Waals surface area contributed by atoms with Crippen molar-refractivity contribution in [3.63, 3.8) is 0 Å². The fraction of sp³-hybridized carbons (Fsp3) is 0.889. The lowest BCUT2D eigenvalue weighted by Gasteiger charge is -2.14. The zero-order chi connectivity index (χ0) is 17.5. The van der Waals surface area contributed by atoms with Crippen molar-refractivity contribution in [1.29, 1.82) is 0 Å². The van der Waals surface area contributed by atoms with E-state index in [0.29, 0.717) is 19.1 Å². The van der Waals surface area contributed by atoms with Crippen molar-refractivity contribution in [2.24, 2.45) is 5.92 Å². The van der Waals surface area contributed by atoms with Crippen LogP contribution in [0, 0.1) is 5.92 Å². The van der Waals surface area contributed by atoms with Gasteiger partial charge in [-0.1, -0.05) is 59.3 Å². The van der Waals surface area contributed by atoms with Crippen LogP contribution in [-0.4, -0.2) is 31.3 Å². The molecular formula is C18H35NO4. The highest BCUT2D eigenvalue weighted by Crippen LogP contribution is 2.07. The maximum atomic E-state index is 11.7. The fourth-order valence-electron chi connectivity index (χ4n) is 2.09. The summed E-state index contributed by atoms with van der Waals surface area (Å²) in [5.74, 6) is 0.0237. The lowest BCUT2D eigenvalue weighted by Crippen LogP contribution is -2.35. The number of amides is 1. The number of carbonyl (C=O) groups excluding carboxylic acids is 2. The average molecular weight is 329 g/mol. The Kier molecular flexibility index (Phi) is 13.6. The molecule has 136 valence electrons. The van der Waals surface area contributed by atoms with Crippen molar-refractivity contribution in [2.45, 2.75) is 85.1 Å². The molecule has 0 aromatic rings. The van der Waals surface area contributed by atoms with Gasteiger partial charge < -0.3 is 14.8 Å². The van der Waals surface area contributed by atoms with Crippen molar-refractivity contribution in [2.75, 3.05) is 13.2 Å². The summed E-state index contributed by atoms with van der Waals surface area (Å²) >= 11 is 0. The molecule has 0 radical (unpaired) electrons. The molecule has 0 fully saturated rings. The second-order valence-electron chi connectivity index (χ2n) is 6.58. The Balaban J connectivity index is 3.55. The molecule has 0 rings (SSSR count). The molecule has 0 saturated carbocycles. The van der Waals surface area contributed by atoms with Gasteiger partial charge in [-0.25, -0.2) is 4.79 Å². The minimum absolute atomic E-state index is 0.174. The number of rotatable bonds is 13. The van der Waals surface area contributed by atoms with Crippen molar-refractivity contribution in [3.8, 4) is 0 Å².